The molecule has 2 unspecified atom stereocenters. The van der Waals surface area contributed by atoms with Crippen LogP contribution in [0, 0.1) is 0 Å². The molecule has 0 amide bonds. The molecular weight excluding hydrogens is 790 g/mol. The van der Waals surface area contributed by atoms with Crippen LogP contribution < -0.4 is 47.7 Å². The van der Waals surface area contributed by atoms with Crippen LogP contribution in [0.25, 0.3) is 32.3 Å². The lowest BCUT2D eigenvalue weighted by Gasteiger charge is -2.25. The molecular formula is C54H39O3P3. The Morgan fingerprint density at radius 3 is 0.700 bits per heavy atom. The van der Waals surface area contributed by atoms with E-state index in [9.17, 15) is 0 Å². The summed E-state index contributed by atoms with van der Waals surface area (Å²) < 4.78 is 48.2. The van der Waals surface area contributed by atoms with Gasteiger partial charge in [-0.05, 0) is 32.3 Å². The van der Waals surface area contributed by atoms with Crippen LogP contribution in [-0.4, -0.2) is 0 Å². The highest BCUT2D eigenvalue weighted by Gasteiger charge is 2.36. The smallest absolute Gasteiger partial charge is 0.171 e. The van der Waals surface area contributed by atoms with Crippen molar-refractivity contribution < 1.29 is 13.7 Å². The van der Waals surface area contributed by atoms with Crippen molar-refractivity contribution in [1.82, 2.24) is 0 Å². The summed E-state index contributed by atoms with van der Waals surface area (Å²) in [6.45, 7) is 0. The van der Waals surface area contributed by atoms with Crippen molar-refractivity contribution in [2.75, 3.05) is 0 Å². The highest BCUT2D eigenvalue weighted by molar-refractivity contribution is 7.87. The number of fused-ring (bicyclic) bond motifs is 3. The summed E-state index contributed by atoms with van der Waals surface area (Å²) in [5, 5.41) is 12.1. The maximum Gasteiger partial charge on any atom is 0.171 e. The molecule has 2 atom stereocenters. The van der Waals surface area contributed by atoms with Gasteiger partial charge in [0.1, 0.15) is 0 Å². The lowest BCUT2D eigenvalue weighted by atomic mass is 10.1. The first-order valence-electron chi connectivity index (χ1n) is 20.0. The molecule has 0 heterocycles. The van der Waals surface area contributed by atoms with Gasteiger partial charge in [0.05, 0.1) is 0 Å². The third-order valence-electron chi connectivity index (χ3n) is 11.7. The first-order chi connectivity index (χ1) is 29.4. The van der Waals surface area contributed by atoms with E-state index < -0.39 is 21.4 Å². The van der Waals surface area contributed by atoms with E-state index in [1.54, 1.807) is 0 Å². The van der Waals surface area contributed by atoms with Gasteiger partial charge >= 0.3 is 0 Å². The molecule has 0 saturated carbocycles. The molecule has 0 aliphatic heterocycles. The molecule has 10 aromatic carbocycles. The van der Waals surface area contributed by atoms with Gasteiger partial charge in [0.2, 0.25) is 0 Å². The average Bonchev–Trinajstić information content (AvgIpc) is 3.33. The molecule has 0 aliphatic rings. The van der Waals surface area contributed by atoms with Crippen molar-refractivity contribution in [3.8, 4) is 0 Å². The Hall–Kier alpha value is -6.33. The largest absolute Gasteiger partial charge is 0.309 e. The third-order valence-corrected chi connectivity index (χ3v) is 21.1. The van der Waals surface area contributed by atoms with Gasteiger partial charge in [0, 0.05) is 47.7 Å². The van der Waals surface area contributed by atoms with Gasteiger partial charge in [-0.25, -0.2) is 0 Å². The fraction of sp³-hybridized carbons (Fsp3) is 0. The molecule has 10 rings (SSSR count). The third kappa shape index (κ3) is 6.17. The second kappa shape index (κ2) is 15.4. The SMILES string of the molecule is O=P(c1ccccc1)(c1ccc(P(=O)(c2ccc(P(=O)(c3ccccc3)c3cccc4ccccc34)cc2)c2cccc3ccccc23)cc1)c1cccc2ccccc12. The van der Waals surface area contributed by atoms with E-state index in [1.807, 2.05) is 237 Å². The number of hydrogen-bond donors (Lipinski definition) is 0. The molecule has 0 N–H and O–H groups in total. The van der Waals surface area contributed by atoms with Gasteiger partial charge in [-0.2, -0.15) is 0 Å². The molecule has 10 aromatic rings. The summed E-state index contributed by atoms with van der Waals surface area (Å²) in [4.78, 5) is 0. The van der Waals surface area contributed by atoms with Gasteiger partial charge in [0.15, 0.2) is 21.4 Å². The predicted octanol–water partition coefficient (Wildman–Crippen LogP) is 10.1. The summed E-state index contributed by atoms with van der Waals surface area (Å²) in [5.74, 6) is 0. The molecule has 288 valence electrons. The Bertz CT molecular complexity index is 3140. The molecule has 3 nitrogen and oxygen atoms in total. The standard InChI is InChI=1S/C54H39O3P3/c55-58(43-22-3-1-4-23-43,52-29-13-19-40-16-7-10-26-49(40)52)45-32-36-47(37-33-45)60(57,54-31-15-21-42-18-9-12-28-51(42)54)48-38-34-46(35-39-48)59(56,44-24-5-2-6-25-44)53-30-14-20-41-17-8-11-27-50(41)53/h1-39H. The zero-order valence-electron chi connectivity index (χ0n) is 32.6. The van der Waals surface area contributed by atoms with Crippen LogP contribution in [-0.2, 0) is 13.7 Å². The van der Waals surface area contributed by atoms with Crippen molar-refractivity contribution in [3.63, 3.8) is 0 Å². The van der Waals surface area contributed by atoms with Crippen molar-refractivity contribution >= 4 is 101 Å². The van der Waals surface area contributed by atoms with Crippen molar-refractivity contribution in [1.29, 1.82) is 0 Å². The highest BCUT2D eigenvalue weighted by Crippen LogP contribution is 2.49. The number of benzene rings is 10. The summed E-state index contributed by atoms with van der Waals surface area (Å²) >= 11 is 0. The van der Waals surface area contributed by atoms with Crippen LogP contribution in [0.2, 0.25) is 0 Å². The number of hydrogen-bond acceptors (Lipinski definition) is 3. The number of rotatable bonds is 9. The van der Waals surface area contributed by atoms with Crippen LogP contribution in [0.15, 0.2) is 237 Å². The normalized spacial score (nSPS) is 14.6. The lowest BCUT2D eigenvalue weighted by Crippen LogP contribution is -2.30. The molecule has 0 saturated heterocycles. The Labute approximate surface area is 350 Å². The minimum absolute atomic E-state index is 0.619. The van der Waals surface area contributed by atoms with Crippen LogP contribution >= 0.6 is 21.4 Å². The molecule has 0 fully saturated rings. The van der Waals surface area contributed by atoms with Crippen molar-refractivity contribution in [2.24, 2.45) is 0 Å². The quantitative estimate of drug-likeness (QED) is 0.136. The molecule has 0 aliphatic carbocycles. The van der Waals surface area contributed by atoms with Crippen molar-refractivity contribution in [2.45, 2.75) is 0 Å². The van der Waals surface area contributed by atoms with E-state index in [0.717, 1.165) is 53.5 Å². The maximum atomic E-state index is 16.4. The molecule has 0 spiro atoms. The summed E-state index contributed by atoms with van der Waals surface area (Å²) in [6, 6.07) is 76.6. The first kappa shape index (κ1) is 37.9. The van der Waals surface area contributed by atoms with Crippen LogP contribution in [0.3, 0.4) is 0 Å². The van der Waals surface area contributed by atoms with Gasteiger partial charge in [-0.15, -0.1) is 0 Å². The summed E-state index contributed by atoms with van der Waals surface area (Å²) in [5.41, 5.74) is 0. The van der Waals surface area contributed by atoms with E-state index >= 15 is 13.7 Å². The van der Waals surface area contributed by atoms with Crippen LogP contribution in [0.4, 0.5) is 0 Å². The zero-order valence-corrected chi connectivity index (χ0v) is 35.3. The van der Waals surface area contributed by atoms with E-state index in [2.05, 4.69) is 0 Å². The molecule has 0 aromatic heterocycles. The predicted molar refractivity (Wildman–Crippen MR) is 257 cm³/mol. The van der Waals surface area contributed by atoms with E-state index in [1.165, 1.54) is 0 Å². The fourth-order valence-corrected chi connectivity index (χ4v) is 17.3. The van der Waals surface area contributed by atoms with E-state index in [-0.39, 0.29) is 0 Å². The minimum Gasteiger partial charge on any atom is -0.309 e. The highest BCUT2D eigenvalue weighted by atomic mass is 31.2. The van der Waals surface area contributed by atoms with Gasteiger partial charge in [0.25, 0.3) is 0 Å². The summed E-state index contributed by atoms with van der Waals surface area (Å²) in [7, 11) is -10.4. The Morgan fingerprint density at radius 2 is 0.417 bits per heavy atom. The molecule has 0 bridgehead atoms. The molecule has 60 heavy (non-hydrogen) atoms. The van der Waals surface area contributed by atoms with Crippen molar-refractivity contribution in [3.05, 3.63) is 237 Å². The van der Waals surface area contributed by atoms with Crippen LogP contribution in [0.5, 0.6) is 0 Å². The first-order valence-corrected chi connectivity index (χ1v) is 25.1. The second-order valence-corrected chi connectivity index (χ2v) is 23.2. The van der Waals surface area contributed by atoms with Gasteiger partial charge in [-0.1, -0.05) is 237 Å². The van der Waals surface area contributed by atoms with E-state index in [4.69, 9.17) is 0 Å². The van der Waals surface area contributed by atoms with Crippen LogP contribution in [0.1, 0.15) is 0 Å². The topological polar surface area (TPSA) is 51.2 Å². The summed E-state index contributed by atoms with van der Waals surface area (Å²) in [6.07, 6.45) is 0. The lowest BCUT2D eigenvalue weighted by molar-refractivity contribution is 0.591. The fourth-order valence-electron chi connectivity index (χ4n) is 8.75. The minimum atomic E-state index is -3.61. The second-order valence-electron chi connectivity index (χ2n) is 15.0. The molecule has 0 radical (unpaired) electrons. The average molecular weight is 829 g/mol. The Balaban J connectivity index is 1.16. The zero-order chi connectivity index (χ0) is 40.7. The van der Waals surface area contributed by atoms with Gasteiger partial charge in [-0.3, -0.25) is 0 Å². The Morgan fingerprint density at radius 1 is 0.200 bits per heavy atom. The maximum absolute atomic E-state index is 16.4. The Kier molecular flexibility index (Phi) is 9.71. The monoisotopic (exact) mass is 828 g/mol. The molecule has 6 heteroatoms. The van der Waals surface area contributed by atoms with Gasteiger partial charge < -0.3 is 13.7 Å². The van der Waals surface area contributed by atoms with E-state index in [0.29, 0.717) is 26.5 Å².